The van der Waals surface area contributed by atoms with Crippen molar-refractivity contribution in [2.75, 3.05) is 20.6 Å². The van der Waals surface area contributed by atoms with Crippen molar-refractivity contribution in [3.63, 3.8) is 0 Å². The zero-order valence-electron chi connectivity index (χ0n) is 13.6. The molecule has 2 N–H and O–H groups in total. The number of hydrogen-bond acceptors (Lipinski definition) is 2. The molecule has 0 aliphatic heterocycles. The van der Waals surface area contributed by atoms with E-state index in [1.54, 1.807) is 7.05 Å². The lowest BCUT2D eigenvalue weighted by Gasteiger charge is -2.24. The second-order valence-electron chi connectivity index (χ2n) is 6.04. The summed E-state index contributed by atoms with van der Waals surface area (Å²) in [4.78, 5) is 18.0. The molecule has 5 nitrogen and oxygen atoms in total. The second-order valence-corrected chi connectivity index (χ2v) is 6.04. The summed E-state index contributed by atoms with van der Waals surface area (Å²) in [7, 11) is 3.66. The van der Waals surface area contributed by atoms with E-state index in [1.807, 2.05) is 50.9 Å². The van der Waals surface area contributed by atoms with Crippen LogP contribution in [0.15, 0.2) is 35.3 Å². The molecule has 0 atom stereocenters. The van der Waals surface area contributed by atoms with Gasteiger partial charge in [-0.15, -0.1) is 0 Å². The molecule has 0 unspecified atom stereocenters. The number of nitrogens with one attached hydrogen (secondary N) is 2. The van der Waals surface area contributed by atoms with Crippen molar-refractivity contribution in [1.82, 2.24) is 15.5 Å². The first kappa shape index (κ1) is 17.0. The molecule has 1 rings (SSSR count). The molecule has 0 saturated heterocycles. The van der Waals surface area contributed by atoms with E-state index >= 15 is 0 Å². The van der Waals surface area contributed by atoms with Gasteiger partial charge >= 0.3 is 0 Å². The lowest BCUT2D eigenvalue weighted by Crippen LogP contribution is -2.48. The van der Waals surface area contributed by atoms with Crippen LogP contribution in [0.1, 0.15) is 26.3 Å². The average molecular weight is 290 g/mol. The molecule has 0 saturated carbocycles. The molecule has 1 aromatic carbocycles. The van der Waals surface area contributed by atoms with Gasteiger partial charge in [-0.2, -0.15) is 0 Å². The maximum Gasteiger partial charge on any atom is 0.239 e. The Morgan fingerprint density at radius 3 is 2.38 bits per heavy atom. The first-order valence-electron chi connectivity index (χ1n) is 7.08. The van der Waals surface area contributed by atoms with Crippen molar-refractivity contribution >= 4 is 11.9 Å². The molecular formula is C16H26N4O. The van der Waals surface area contributed by atoms with E-state index in [4.69, 9.17) is 0 Å². The third-order valence-corrected chi connectivity index (χ3v) is 2.76. The number of hydrogen-bond donors (Lipinski definition) is 2. The molecule has 0 fully saturated rings. The smallest absolute Gasteiger partial charge is 0.239 e. The molecule has 0 bridgehead atoms. The highest BCUT2D eigenvalue weighted by molar-refractivity contribution is 5.86. The highest BCUT2D eigenvalue weighted by Gasteiger charge is 2.14. The predicted octanol–water partition coefficient (Wildman–Crippen LogP) is 1.61. The van der Waals surface area contributed by atoms with Gasteiger partial charge in [0.2, 0.25) is 5.91 Å². The van der Waals surface area contributed by atoms with E-state index in [2.05, 4.69) is 27.8 Å². The van der Waals surface area contributed by atoms with E-state index in [9.17, 15) is 4.79 Å². The van der Waals surface area contributed by atoms with Gasteiger partial charge in [-0.25, -0.2) is 0 Å². The highest BCUT2D eigenvalue weighted by atomic mass is 16.2. The van der Waals surface area contributed by atoms with Gasteiger partial charge in [0.1, 0.15) is 0 Å². The van der Waals surface area contributed by atoms with Gasteiger partial charge in [-0.05, 0) is 26.3 Å². The Labute approximate surface area is 127 Å². The van der Waals surface area contributed by atoms with Crippen LogP contribution >= 0.6 is 0 Å². The molecular weight excluding hydrogens is 264 g/mol. The zero-order chi connectivity index (χ0) is 15.9. The second kappa shape index (κ2) is 7.67. The summed E-state index contributed by atoms with van der Waals surface area (Å²) in [5.41, 5.74) is 0.972. The number of guanidine groups is 1. The average Bonchev–Trinajstić information content (AvgIpc) is 2.38. The van der Waals surface area contributed by atoms with Crippen molar-refractivity contribution in [2.24, 2.45) is 4.99 Å². The number of carbonyl (C=O) groups is 1. The number of aliphatic imine (C=N–C) groups is 1. The first-order chi connectivity index (χ1) is 9.81. The first-order valence-corrected chi connectivity index (χ1v) is 7.08. The molecule has 116 valence electrons. The molecule has 0 aromatic heterocycles. The van der Waals surface area contributed by atoms with E-state index < -0.39 is 0 Å². The summed E-state index contributed by atoms with van der Waals surface area (Å²) < 4.78 is 0. The summed E-state index contributed by atoms with van der Waals surface area (Å²) >= 11 is 0. The molecule has 21 heavy (non-hydrogen) atoms. The number of benzene rings is 1. The number of nitrogens with zero attached hydrogens (tertiary/aromatic N) is 2. The number of amides is 1. The fourth-order valence-electron chi connectivity index (χ4n) is 1.94. The Morgan fingerprint density at radius 1 is 1.24 bits per heavy atom. The Kier molecular flexibility index (Phi) is 6.21. The molecule has 0 heterocycles. The molecule has 1 amide bonds. The maximum atomic E-state index is 11.8. The van der Waals surface area contributed by atoms with Gasteiger partial charge < -0.3 is 15.5 Å². The molecule has 0 spiro atoms. The fourth-order valence-corrected chi connectivity index (χ4v) is 1.94. The monoisotopic (exact) mass is 290 g/mol. The predicted molar refractivity (Wildman–Crippen MR) is 87.2 cm³/mol. The SMILES string of the molecule is CN=C(NCC(=O)NC(C)(C)C)N(C)Cc1ccccc1. The van der Waals surface area contributed by atoms with Crippen LogP contribution < -0.4 is 10.6 Å². The van der Waals surface area contributed by atoms with Crippen LogP contribution in [-0.2, 0) is 11.3 Å². The molecule has 0 aliphatic carbocycles. The summed E-state index contributed by atoms with van der Waals surface area (Å²) in [5, 5.41) is 5.99. The largest absolute Gasteiger partial charge is 0.350 e. The highest BCUT2D eigenvalue weighted by Crippen LogP contribution is 2.02. The van der Waals surface area contributed by atoms with Crippen molar-refractivity contribution in [3.05, 3.63) is 35.9 Å². The van der Waals surface area contributed by atoms with Gasteiger partial charge in [-0.3, -0.25) is 9.79 Å². The molecule has 0 radical (unpaired) electrons. The van der Waals surface area contributed by atoms with Crippen molar-refractivity contribution in [3.8, 4) is 0 Å². The standard InChI is InChI=1S/C16H26N4O/c1-16(2,3)19-14(21)11-18-15(17-4)20(5)12-13-9-7-6-8-10-13/h6-10H,11-12H2,1-5H3,(H,17,18)(H,19,21). The molecule has 0 aliphatic rings. The summed E-state index contributed by atoms with van der Waals surface area (Å²) in [5.74, 6) is 0.652. The topological polar surface area (TPSA) is 56.7 Å². The molecule has 1 aromatic rings. The van der Waals surface area contributed by atoms with Gasteiger partial charge in [-0.1, -0.05) is 30.3 Å². The van der Waals surface area contributed by atoms with Gasteiger partial charge in [0.15, 0.2) is 5.96 Å². The Hall–Kier alpha value is -2.04. The van der Waals surface area contributed by atoms with Crippen LogP contribution in [0.5, 0.6) is 0 Å². The minimum atomic E-state index is -0.224. The molecule has 5 heteroatoms. The quantitative estimate of drug-likeness (QED) is 0.654. The van der Waals surface area contributed by atoms with Crippen LogP contribution in [-0.4, -0.2) is 42.9 Å². The van der Waals surface area contributed by atoms with E-state index in [0.717, 1.165) is 6.54 Å². The van der Waals surface area contributed by atoms with Gasteiger partial charge in [0, 0.05) is 26.2 Å². The van der Waals surface area contributed by atoms with Crippen molar-refractivity contribution < 1.29 is 4.79 Å². The summed E-state index contributed by atoms with van der Waals surface area (Å²) in [6.45, 7) is 6.83. The maximum absolute atomic E-state index is 11.8. The number of carbonyl (C=O) groups excluding carboxylic acids is 1. The third kappa shape index (κ3) is 6.79. The van der Waals surface area contributed by atoms with Crippen molar-refractivity contribution in [2.45, 2.75) is 32.9 Å². The summed E-state index contributed by atoms with van der Waals surface area (Å²) in [6.07, 6.45) is 0. The van der Waals surface area contributed by atoms with Crippen LogP contribution in [0.2, 0.25) is 0 Å². The van der Waals surface area contributed by atoms with Crippen LogP contribution in [0, 0.1) is 0 Å². The normalized spacial score (nSPS) is 12.0. The zero-order valence-corrected chi connectivity index (χ0v) is 13.6. The Balaban J connectivity index is 2.50. The lowest BCUT2D eigenvalue weighted by molar-refractivity contribution is -0.121. The van der Waals surface area contributed by atoms with E-state index in [1.165, 1.54) is 5.56 Å². The summed E-state index contributed by atoms with van der Waals surface area (Å²) in [6, 6.07) is 10.1. The minimum Gasteiger partial charge on any atom is -0.350 e. The van der Waals surface area contributed by atoms with E-state index in [-0.39, 0.29) is 18.0 Å². The van der Waals surface area contributed by atoms with Gasteiger partial charge in [0.25, 0.3) is 0 Å². The lowest BCUT2D eigenvalue weighted by atomic mass is 10.1. The Bertz CT molecular complexity index is 477. The van der Waals surface area contributed by atoms with Gasteiger partial charge in [0.05, 0.1) is 6.54 Å². The van der Waals surface area contributed by atoms with Crippen LogP contribution in [0.3, 0.4) is 0 Å². The van der Waals surface area contributed by atoms with Crippen LogP contribution in [0.25, 0.3) is 0 Å². The minimum absolute atomic E-state index is 0.0447. The Morgan fingerprint density at radius 2 is 1.86 bits per heavy atom. The third-order valence-electron chi connectivity index (χ3n) is 2.76. The van der Waals surface area contributed by atoms with Crippen molar-refractivity contribution in [1.29, 1.82) is 0 Å². The van der Waals surface area contributed by atoms with Crippen LogP contribution in [0.4, 0.5) is 0 Å². The fraction of sp³-hybridized carbons (Fsp3) is 0.500. The number of rotatable bonds is 4. The van der Waals surface area contributed by atoms with E-state index in [0.29, 0.717) is 5.96 Å².